The van der Waals surface area contributed by atoms with Gasteiger partial charge < -0.3 is 10.1 Å². The maximum atomic E-state index is 6.09. The van der Waals surface area contributed by atoms with Gasteiger partial charge in [-0.15, -0.1) is 0 Å². The Labute approximate surface area is 116 Å². The van der Waals surface area contributed by atoms with Gasteiger partial charge in [0, 0.05) is 11.7 Å². The molecule has 1 saturated heterocycles. The van der Waals surface area contributed by atoms with Crippen molar-refractivity contribution in [1.82, 2.24) is 15.5 Å². The zero-order valence-corrected chi connectivity index (χ0v) is 12.8. The van der Waals surface area contributed by atoms with Crippen LogP contribution in [-0.4, -0.2) is 34.0 Å². The van der Waals surface area contributed by atoms with E-state index in [4.69, 9.17) is 4.74 Å². The standard InChI is InChI=1S/C15H27N3O/c1-11-12(10-17-18-11)7-6-8-16-13-9-14(2,3)19-15(13,4)5/h10,13,16H,6-9H2,1-5H3,(H,17,18). The molecule has 19 heavy (non-hydrogen) atoms. The molecule has 1 aliphatic heterocycles. The Hall–Kier alpha value is -0.870. The van der Waals surface area contributed by atoms with Crippen LogP contribution in [0.5, 0.6) is 0 Å². The Morgan fingerprint density at radius 3 is 2.68 bits per heavy atom. The van der Waals surface area contributed by atoms with Crippen LogP contribution in [0, 0.1) is 6.92 Å². The first-order valence-electron chi connectivity index (χ1n) is 7.22. The highest BCUT2D eigenvalue weighted by Crippen LogP contribution is 2.37. The second kappa shape index (κ2) is 5.25. The Morgan fingerprint density at radius 1 is 1.42 bits per heavy atom. The van der Waals surface area contributed by atoms with Crippen molar-refractivity contribution < 1.29 is 4.74 Å². The van der Waals surface area contributed by atoms with Gasteiger partial charge in [0.2, 0.25) is 0 Å². The number of H-pyrrole nitrogens is 1. The molecule has 1 unspecified atom stereocenters. The largest absolute Gasteiger partial charge is 0.368 e. The van der Waals surface area contributed by atoms with E-state index in [1.807, 2.05) is 6.20 Å². The maximum Gasteiger partial charge on any atom is 0.0787 e. The molecule has 4 nitrogen and oxygen atoms in total. The van der Waals surface area contributed by atoms with Gasteiger partial charge in [0.1, 0.15) is 0 Å². The summed E-state index contributed by atoms with van der Waals surface area (Å²) in [6.45, 7) is 11.8. The van der Waals surface area contributed by atoms with Crippen LogP contribution in [0.2, 0.25) is 0 Å². The van der Waals surface area contributed by atoms with E-state index in [9.17, 15) is 0 Å². The van der Waals surface area contributed by atoms with Gasteiger partial charge >= 0.3 is 0 Å². The first-order chi connectivity index (χ1) is 8.80. The van der Waals surface area contributed by atoms with Gasteiger partial charge in [-0.05, 0) is 66.0 Å². The molecule has 1 aromatic heterocycles. The van der Waals surface area contributed by atoms with E-state index >= 15 is 0 Å². The Bertz CT molecular complexity index is 423. The first kappa shape index (κ1) is 14.5. The van der Waals surface area contributed by atoms with Crippen LogP contribution in [0.1, 0.15) is 51.8 Å². The van der Waals surface area contributed by atoms with Crippen LogP contribution in [0.4, 0.5) is 0 Å². The van der Waals surface area contributed by atoms with E-state index in [1.165, 1.54) is 11.3 Å². The van der Waals surface area contributed by atoms with Crippen LogP contribution >= 0.6 is 0 Å². The number of hydrogen-bond donors (Lipinski definition) is 2. The minimum absolute atomic E-state index is 0.0116. The van der Waals surface area contributed by atoms with E-state index < -0.39 is 0 Å². The highest BCUT2D eigenvalue weighted by molar-refractivity contribution is 5.14. The molecule has 1 fully saturated rings. The molecule has 0 amide bonds. The fourth-order valence-corrected chi connectivity index (χ4v) is 3.06. The molecule has 108 valence electrons. The van der Waals surface area contributed by atoms with Gasteiger partial charge in [-0.3, -0.25) is 5.10 Å². The second-order valence-corrected chi connectivity index (χ2v) is 6.80. The molecule has 0 bridgehead atoms. The topological polar surface area (TPSA) is 49.9 Å². The molecule has 2 N–H and O–H groups in total. The summed E-state index contributed by atoms with van der Waals surface area (Å²) in [4.78, 5) is 0. The summed E-state index contributed by atoms with van der Waals surface area (Å²) in [5.41, 5.74) is 2.42. The lowest BCUT2D eigenvalue weighted by Crippen LogP contribution is -2.43. The fraction of sp³-hybridized carbons (Fsp3) is 0.800. The lowest BCUT2D eigenvalue weighted by molar-refractivity contribution is -0.0697. The molecule has 2 heterocycles. The van der Waals surface area contributed by atoms with E-state index in [0.29, 0.717) is 6.04 Å². The van der Waals surface area contributed by atoms with Crippen molar-refractivity contribution in [3.05, 3.63) is 17.5 Å². The molecule has 2 rings (SSSR count). The number of hydrogen-bond acceptors (Lipinski definition) is 3. The van der Waals surface area contributed by atoms with Gasteiger partial charge in [-0.2, -0.15) is 5.10 Å². The number of aromatic amines is 1. The minimum atomic E-state index is -0.0743. The zero-order valence-electron chi connectivity index (χ0n) is 12.8. The quantitative estimate of drug-likeness (QED) is 0.805. The number of aromatic nitrogens is 2. The molecule has 0 aromatic carbocycles. The molecule has 0 spiro atoms. The molecular weight excluding hydrogens is 238 g/mol. The Morgan fingerprint density at radius 2 is 2.16 bits per heavy atom. The third-order valence-corrected chi connectivity index (χ3v) is 4.02. The molecule has 1 atom stereocenters. The second-order valence-electron chi connectivity index (χ2n) is 6.80. The summed E-state index contributed by atoms with van der Waals surface area (Å²) in [7, 11) is 0. The van der Waals surface area contributed by atoms with Gasteiger partial charge in [0.05, 0.1) is 17.4 Å². The molecule has 4 heteroatoms. The lowest BCUT2D eigenvalue weighted by atomic mass is 9.94. The van der Waals surface area contributed by atoms with Crippen molar-refractivity contribution in [2.75, 3.05) is 6.54 Å². The van der Waals surface area contributed by atoms with Crippen molar-refractivity contribution in [1.29, 1.82) is 0 Å². The molecule has 0 radical (unpaired) electrons. The van der Waals surface area contributed by atoms with E-state index in [2.05, 4.69) is 50.1 Å². The number of aryl methyl sites for hydroxylation is 2. The van der Waals surface area contributed by atoms with Gasteiger partial charge in [-0.1, -0.05) is 0 Å². The van der Waals surface area contributed by atoms with E-state index in [-0.39, 0.29) is 11.2 Å². The SMILES string of the molecule is Cc1[nH]ncc1CCCNC1CC(C)(C)OC1(C)C. The summed E-state index contributed by atoms with van der Waals surface area (Å²) in [6, 6.07) is 0.438. The van der Waals surface area contributed by atoms with Gasteiger partial charge in [0.15, 0.2) is 0 Å². The van der Waals surface area contributed by atoms with Crippen molar-refractivity contribution in [3.8, 4) is 0 Å². The summed E-state index contributed by atoms with van der Waals surface area (Å²) in [6.07, 6.45) is 5.21. The fourth-order valence-electron chi connectivity index (χ4n) is 3.06. The predicted octanol–water partition coefficient (Wildman–Crippen LogP) is 2.59. The molecular formula is C15H27N3O. The van der Waals surface area contributed by atoms with Crippen LogP contribution in [0.15, 0.2) is 6.20 Å². The number of nitrogens with zero attached hydrogens (tertiary/aromatic N) is 1. The summed E-state index contributed by atoms with van der Waals surface area (Å²) < 4.78 is 6.09. The van der Waals surface area contributed by atoms with Crippen molar-refractivity contribution in [2.45, 2.75) is 71.1 Å². The number of nitrogens with one attached hydrogen (secondary N) is 2. The predicted molar refractivity (Wildman–Crippen MR) is 77.3 cm³/mol. The van der Waals surface area contributed by atoms with E-state index in [0.717, 1.165) is 25.8 Å². The van der Waals surface area contributed by atoms with Gasteiger partial charge in [0.25, 0.3) is 0 Å². The normalized spacial score (nSPS) is 24.8. The Balaban J connectivity index is 1.76. The molecule has 1 aromatic rings. The Kier molecular flexibility index (Phi) is 4.02. The number of rotatable bonds is 5. The maximum absolute atomic E-state index is 6.09. The monoisotopic (exact) mass is 265 g/mol. The summed E-state index contributed by atoms with van der Waals surface area (Å²) in [5, 5.41) is 10.7. The highest BCUT2D eigenvalue weighted by Gasteiger charge is 2.45. The van der Waals surface area contributed by atoms with Crippen LogP contribution in [0.3, 0.4) is 0 Å². The summed E-state index contributed by atoms with van der Waals surface area (Å²) >= 11 is 0. The van der Waals surface area contributed by atoms with Crippen LogP contribution in [0.25, 0.3) is 0 Å². The third kappa shape index (κ3) is 3.57. The van der Waals surface area contributed by atoms with Crippen molar-refractivity contribution in [3.63, 3.8) is 0 Å². The third-order valence-electron chi connectivity index (χ3n) is 4.02. The molecule has 1 aliphatic rings. The highest BCUT2D eigenvalue weighted by atomic mass is 16.5. The average Bonchev–Trinajstić information content (AvgIpc) is 2.75. The van der Waals surface area contributed by atoms with Crippen molar-refractivity contribution in [2.24, 2.45) is 0 Å². The number of ether oxygens (including phenoxy) is 1. The molecule has 0 saturated carbocycles. The molecule has 0 aliphatic carbocycles. The van der Waals surface area contributed by atoms with E-state index in [1.54, 1.807) is 0 Å². The zero-order chi connectivity index (χ0) is 14.1. The average molecular weight is 265 g/mol. The smallest absolute Gasteiger partial charge is 0.0787 e. The minimum Gasteiger partial charge on any atom is -0.368 e. The van der Waals surface area contributed by atoms with Crippen LogP contribution < -0.4 is 5.32 Å². The van der Waals surface area contributed by atoms with Crippen LogP contribution in [-0.2, 0) is 11.2 Å². The summed E-state index contributed by atoms with van der Waals surface area (Å²) in [5.74, 6) is 0. The van der Waals surface area contributed by atoms with Gasteiger partial charge in [-0.25, -0.2) is 0 Å². The van der Waals surface area contributed by atoms with Crippen molar-refractivity contribution >= 4 is 0 Å². The lowest BCUT2D eigenvalue weighted by Gasteiger charge is -2.27. The first-order valence-corrected chi connectivity index (χ1v) is 7.22.